The molecule has 0 aliphatic carbocycles. The van der Waals surface area contributed by atoms with E-state index in [9.17, 15) is 9.18 Å². The average Bonchev–Trinajstić information content (AvgIpc) is 2.59. The molecule has 1 aromatic rings. The zero-order valence-electron chi connectivity index (χ0n) is 13.9. The minimum absolute atomic E-state index is 0.0812. The van der Waals surface area contributed by atoms with Crippen LogP contribution in [0.15, 0.2) is 24.3 Å². The van der Waals surface area contributed by atoms with E-state index in [1.165, 1.54) is 12.1 Å². The summed E-state index contributed by atoms with van der Waals surface area (Å²) in [5.74, 6) is -0.329. The van der Waals surface area contributed by atoms with Gasteiger partial charge in [-0.1, -0.05) is 19.1 Å². The Morgan fingerprint density at radius 3 is 2.52 bits per heavy atom. The molecular weight excluding hydrogens is 297 g/mol. The molecule has 0 saturated carbocycles. The third-order valence-corrected chi connectivity index (χ3v) is 4.54. The molecule has 0 bridgehead atoms. The molecule has 0 radical (unpaired) electrons. The molecule has 23 heavy (non-hydrogen) atoms. The van der Waals surface area contributed by atoms with Crippen molar-refractivity contribution in [3.63, 3.8) is 0 Å². The Kier molecular flexibility index (Phi) is 6.54. The number of nitrogens with one attached hydrogen (secondary N) is 1. The van der Waals surface area contributed by atoms with Gasteiger partial charge < -0.3 is 14.8 Å². The third kappa shape index (κ3) is 4.52. The van der Waals surface area contributed by atoms with E-state index < -0.39 is 6.10 Å². The van der Waals surface area contributed by atoms with E-state index in [0.717, 1.165) is 18.4 Å². The lowest BCUT2D eigenvalue weighted by atomic mass is 9.74. The van der Waals surface area contributed by atoms with E-state index >= 15 is 0 Å². The average molecular weight is 323 g/mol. The van der Waals surface area contributed by atoms with Crippen molar-refractivity contribution in [2.45, 2.75) is 44.6 Å². The maximum atomic E-state index is 13.2. The van der Waals surface area contributed by atoms with E-state index in [1.54, 1.807) is 0 Å². The fourth-order valence-electron chi connectivity index (χ4n) is 3.08. The van der Waals surface area contributed by atoms with Crippen LogP contribution in [-0.2, 0) is 19.7 Å². The van der Waals surface area contributed by atoms with E-state index in [0.29, 0.717) is 32.8 Å². The molecule has 1 aliphatic heterocycles. The van der Waals surface area contributed by atoms with Gasteiger partial charge in [-0.15, -0.1) is 0 Å². The van der Waals surface area contributed by atoms with Gasteiger partial charge in [0, 0.05) is 31.8 Å². The first-order valence-electron chi connectivity index (χ1n) is 8.34. The number of ether oxygens (including phenoxy) is 2. The summed E-state index contributed by atoms with van der Waals surface area (Å²) in [5.41, 5.74) is 0.846. The Bertz CT molecular complexity index is 497. The monoisotopic (exact) mass is 323 g/mol. The van der Waals surface area contributed by atoms with Gasteiger partial charge in [0.05, 0.1) is 0 Å². The first kappa shape index (κ1) is 17.9. The smallest absolute Gasteiger partial charge is 0.249 e. The molecule has 2 rings (SSSR count). The minimum atomic E-state index is -0.412. The van der Waals surface area contributed by atoms with E-state index in [1.807, 2.05) is 26.0 Å². The third-order valence-electron chi connectivity index (χ3n) is 4.54. The number of carbonyl (C=O) groups excluding carboxylic acids is 1. The Labute approximate surface area is 137 Å². The number of hydrogen-bond donors (Lipinski definition) is 1. The maximum Gasteiger partial charge on any atom is 0.249 e. The summed E-state index contributed by atoms with van der Waals surface area (Å²) >= 11 is 0. The van der Waals surface area contributed by atoms with Gasteiger partial charge in [0.1, 0.15) is 11.9 Å². The number of halogens is 1. The van der Waals surface area contributed by atoms with Crippen LogP contribution in [0.3, 0.4) is 0 Å². The van der Waals surface area contributed by atoms with Crippen LogP contribution in [0.4, 0.5) is 4.39 Å². The largest absolute Gasteiger partial charge is 0.381 e. The lowest BCUT2D eigenvalue weighted by Crippen LogP contribution is -2.47. The fourth-order valence-corrected chi connectivity index (χ4v) is 3.08. The highest BCUT2D eigenvalue weighted by atomic mass is 19.1. The Morgan fingerprint density at radius 2 is 1.96 bits per heavy atom. The molecule has 1 fully saturated rings. The van der Waals surface area contributed by atoms with E-state index in [-0.39, 0.29) is 17.1 Å². The highest BCUT2D eigenvalue weighted by molar-refractivity contribution is 5.80. The van der Waals surface area contributed by atoms with Crippen LogP contribution in [0, 0.1) is 5.82 Å². The highest BCUT2D eigenvalue weighted by Gasteiger charge is 2.35. The molecule has 1 aromatic carbocycles. The topological polar surface area (TPSA) is 47.6 Å². The molecule has 1 amide bonds. The first-order valence-corrected chi connectivity index (χ1v) is 8.34. The Hall–Kier alpha value is -1.46. The van der Waals surface area contributed by atoms with E-state index in [2.05, 4.69) is 5.32 Å². The molecule has 4 nitrogen and oxygen atoms in total. The van der Waals surface area contributed by atoms with Crippen molar-refractivity contribution in [2.24, 2.45) is 0 Å². The number of hydrogen-bond acceptors (Lipinski definition) is 3. The fraction of sp³-hybridized carbons (Fsp3) is 0.611. The van der Waals surface area contributed by atoms with Crippen LogP contribution in [-0.4, -0.2) is 38.4 Å². The van der Waals surface area contributed by atoms with Crippen molar-refractivity contribution in [1.29, 1.82) is 0 Å². The van der Waals surface area contributed by atoms with Crippen molar-refractivity contribution >= 4 is 5.91 Å². The Balaban J connectivity index is 2.10. The van der Waals surface area contributed by atoms with Gasteiger partial charge in [0.2, 0.25) is 5.91 Å². The zero-order valence-corrected chi connectivity index (χ0v) is 13.9. The summed E-state index contributed by atoms with van der Waals surface area (Å²) in [4.78, 5) is 12.3. The maximum absolute atomic E-state index is 13.2. The molecule has 1 aliphatic rings. The van der Waals surface area contributed by atoms with Gasteiger partial charge in [0.15, 0.2) is 0 Å². The SMILES string of the molecule is CCO[C@@H](CC)C(=O)NCC1(c2ccc(F)cc2)CCOCC1. The van der Waals surface area contributed by atoms with Crippen molar-refractivity contribution in [1.82, 2.24) is 5.32 Å². The van der Waals surface area contributed by atoms with Gasteiger partial charge in [0.25, 0.3) is 0 Å². The molecule has 0 aromatic heterocycles. The van der Waals surface area contributed by atoms with Gasteiger partial charge in [-0.3, -0.25) is 4.79 Å². The Morgan fingerprint density at radius 1 is 1.30 bits per heavy atom. The second-order valence-electron chi connectivity index (χ2n) is 5.97. The number of carbonyl (C=O) groups is 1. The predicted octanol–water partition coefficient (Wildman–Crippen LogP) is 2.81. The van der Waals surface area contributed by atoms with Gasteiger partial charge >= 0.3 is 0 Å². The first-order chi connectivity index (χ1) is 11.1. The molecule has 128 valence electrons. The van der Waals surface area contributed by atoms with E-state index in [4.69, 9.17) is 9.47 Å². The zero-order chi connectivity index (χ0) is 16.7. The molecule has 1 saturated heterocycles. The predicted molar refractivity (Wildman–Crippen MR) is 86.8 cm³/mol. The normalized spacial score (nSPS) is 18.4. The summed E-state index contributed by atoms with van der Waals surface area (Å²) in [6.45, 7) is 6.15. The van der Waals surface area contributed by atoms with Crippen LogP contribution >= 0.6 is 0 Å². The standard InChI is InChI=1S/C18H26FNO3/c1-3-16(23-4-2)17(21)20-13-18(9-11-22-12-10-18)14-5-7-15(19)8-6-14/h5-8,16H,3-4,9-13H2,1-2H3,(H,20,21)/t16-/m0/s1. The summed E-state index contributed by atoms with van der Waals surface area (Å²) in [7, 11) is 0. The summed E-state index contributed by atoms with van der Waals surface area (Å²) < 4.78 is 24.2. The van der Waals surface area contributed by atoms with Crippen molar-refractivity contribution < 1.29 is 18.7 Å². The van der Waals surface area contributed by atoms with Crippen LogP contribution in [0.25, 0.3) is 0 Å². The van der Waals surface area contributed by atoms with Gasteiger partial charge in [-0.05, 0) is 43.9 Å². The molecule has 0 unspecified atom stereocenters. The van der Waals surface area contributed by atoms with Gasteiger partial charge in [-0.2, -0.15) is 0 Å². The summed E-state index contributed by atoms with van der Waals surface area (Å²) in [6, 6.07) is 6.58. The van der Waals surface area contributed by atoms with Gasteiger partial charge in [-0.25, -0.2) is 4.39 Å². The molecule has 1 heterocycles. The second kappa shape index (κ2) is 8.41. The lowest BCUT2D eigenvalue weighted by Gasteiger charge is -2.38. The van der Waals surface area contributed by atoms with Crippen molar-refractivity contribution in [3.8, 4) is 0 Å². The lowest BCUT2D eigenvalue weighted by molar-refractivity contribution is -0.133. The van der Waals surface area contributed by atoms with Crippen LogP contribution in [0.1, 0.15) is 38.7 Å². The van der Waals surface area contributed by atoms with Crippen LogP contribution in [0.5, 0.6) is 0 Å². The number of amides is 1. The summed E-state index contributed by atoms with van der Waals surface area (Å²) in [5, 5.41) is 3.03. The second-order valence-corrected chi connectivity index (χ2v) is 5.97. The van der Waals surface area contributed by atoms with Crippen molar-refractivity contribution in [2.75, 3.05) is 26.4 Å². The molecule has 1 atom stereocenters. The summed E-state index contributed by atoms with van der Waals surface area (Å²) in [6.07, 6.45) is 1.85. The molecule has 0 spiro atoms. The number of benzene rings is 1. The molecule has 1 N–H and O–H groups in total. The number of rotatable bonds is 7. The molecular formula is C18H26FNO3. The van der Waals surface area contributed by atoms with Crippen LogP contribution in [0.2, 0.25) is 0 Å². The highest BCUT2D eigenvalue weighted by Crippen LogP contribution is 2.34. The quantitative estimate of drug-likeness (QED) is 0.839. The minimum Gasteiger partial charge on any atom is -0.381 e. The van der Waals surface area contributed by atoms with Crippen molar-refractivity contribution in [3.05, 3.63) is 35.6 Å². The molecule has 5 heteroatoms. The van der Waals surface area contributed by atoms with Crippen LogP contribution < -0.4 is 5.32 Å².